The Morgan fingerprint density at radius 1 is 1.00 bits per heavy atom. The van der Waals surface area contributed by atoms with E-state index in [-0.39, 0.29) is 0 Å². The topological polar surface area (TPSA) is 23.5 Å². The summed E-state index contributed by atoms with van der Waals surface area (Å²) in [6.45, 7) is 12.3. The van der Waals surface area contributed by atoms with Crippen LogP contribution >= 0.6 is 0 Å². The molecule has 2 nitrogen and oxygen atoms in total. The van der Waals surface area contributed by atoms with Crippen LogP contribution in [-0.4, -0.2) is 36.2 Å². The molecule has 0 radical (unpaired) electrons. The normalized spacial score (nSPS) is 9.50. The van der Waals surface area contributed by atoms with Gasteiger partial charge in [0.25, 0.3) is 0 Å². The quantitative estimate of drug-likeness (QED) is 0.700. The van der Waals surface area contributed by atoms with Crippen molar-refractivity contribution in [2.45, 2.75) is 47.1 Å². The van der Waals surface area contributed by atoms with E-state index >= 15 is 0 Å². The minimum atomic E-state index is -0.552. The van der Waals surface area contributed by atoms with Gasteiger partial charge in [0.1, 0.15) is 0 Å². The average molecular weight is 177 g/mol. The third-order valence-electron chi connectivity index (χ3n) is 0.703. The molecular weight excluding hydrogens is 150 g/mol. The van der Waals surface area contributed by atoms with Crippen molar-refractivity contribution >= 4 is 0 Å². The molecule has 0 unspecified atom stereocenters. The van der Waals surface area contributed by atoms with Crippen molar-refractivity contribution in [3.8, 4) is 0 Å². The summed E-state index contributed by atoms with van der Waals surface area (Å²) in [5, 5.41) is 9.15. The van der Waals surface area contributed by atoms with Crippen LogP contribution in [-0.2, 0) is 0 Å². The molecule has 0 atom stereocenters. The molecule has 12 heavy (non-hydrogen) atoms. The highest BCUT2D eigenvalue weighted by Crippen LogP contribution is 2.00. The van der Waals surface area contributed by atoms with Crippen LogP contribution in [0.2, 0.25) is 0 Å². The van der Waals surface area contributed by atoms with E-state index in [0.29, 0.717) is 6.54 Å². The van der Waals surface area contributed by atoms with Crippen LogP contribution in [0.4, 0.5) is 0 Å². The molecule has 1 N–H and O–H groups in total. The summed E-state index contributed by atoms with van der Waals surface area (Å²) < 4.78 is 0. The lowest BCUT2D eigenvalue weighted by Crippen LogP contribution is -2.33. The average Bonchev–Trinajstić information content (AvgIpc) is 1.91. The van der Waals surface area contributed by atoms with Gasteiger partial charge in [0.15, 0.2) is 0 Å². The highest BCUT2D eigenvalue weighted by Gasteiger charge is 2.12. The van der Waals surface area contributed by atoms with E-state index < -0.39 is 5.60 Å². The van der Waals surface area contributed by atoms with E-state index in [9.17, 15) is 0 Å². The predicted octanol–water partition coefficient (Wildman–Crippen LogP) is 2.37. The number of aliphatic hydroxyl groups is 1. The minimum absolute atomic E-state index is 0.552. The Hall–Kier alpha value is -0.0800. The third kappa shape index (κ3) is 32.6. The van der Waals surface area contributed by atoms with Gasteiger partial charge in [0, 0.05) is 6.54 Å². The van der Waals surface area contributed by atoms with Crippen molar-refractivity contribution in [1.82, 2.24) is 4.90 Å². The first-order valence-electron chi connectivity index (χ1n) is 4.79. The molecule has 78 valence electrons. The van der Waals surface area contributed by atoms with Crippen LogP contribution in [0.15, 0.2) is 0 Å². The van der Waals surface area contributed by atoms with Crippen molar-refractivity contribution in [1.29, 1.82) is 0 Å². The summed E-state index contributed by atoms with van der Waals surface area (Å²) in [4.78, 5) is 1.96. The Labute approximate surface area is 78.6 Å². The van der Waals surface area contributed by atoms with Crippen LogP contribution in [0, 0.1) is 0 Å². The lowest BCUT2D eigenvalue weighted by atomic mass is 10.1. The number of nitrogens with zero attached hydrogens (tertiary/aromatic N) is 1. The molecule has 0 fully saturated rings. The third-order valence-corrected chi connectivity index (χ3v) is 0.703. The summed E-state index contributed by atoms with van der Waals surface area (Å²) in [7, 11) is 3.88. The van der Waals surface area contributed by atoms with Crippen molar-refractivity contribution in [3.63, 3.8) is 0 Å². The fraction of sp³-hybridized carbons (Fsp3) is 1.00. The van der Waals surface area contributed by atoms with Crippen molar-refractivity contribution in [2.24, 2.45) is 0 Å². The molecule has 0 aromatic carbocycles. The van der Waals surface area contributed by atoms with E-state index in [2.05, 4.69) is 0 Å². The molecule has 0 aromatic rings. The largest absolute Gasteiger partial charge is 0.389 e. The summed E-state index contributed by atoms with van der Waals surface area (Å²) >= 11 is 0. The first-order chi connectivity index (χ1) is 5.42. The number of rotatable bonds is 2. The van der Waals surface area contributed by atoms with E-state index in [1.807, 2.05) is 46.7 Å². The zero-order valence-corrected chi connectivity index (χ0v) is 10.1. The van der Waals surface area contributed by atoms with Gasteiger partial charge in [-0.3, -0.25) is 0 Å². The molecule has 2 heteroatoms. The van der Waals surface area contributed by atoms with Crippen LogP contribution in [0.5, 0.6) is 0 Å². The molecule has 0 aliphatic heterocycles. The highest BCUT2D eigenvalue weighted by atomic mass is 16.3. The van der Waals surface area contributed by atoms with Gasteiger partial charge in [-0.1, -0.05) is 27.7 Å². The molecule has 0 rings (SSSR count). The lowest BCUT2D eigenvalue weighted by Gasteiger charge is -2.21. The second kappa shape index (κ2) is 10.9. The van der Waals surface area contributed by atoms with Crippen LogP contribution in [0.3, 0.4) is 0 Å². The monoisotopic (exact) mass is 177 g/mol. The van der Waals surface area contributed by atoms with E-state index in [1.54, 1.807) is 13.8 Å². The van der Waals surface area contributed by atoms with Gasteiger partial charge in [-0.25, -0.2) is 0 Å². The minimum Gasteiger partial charge on any atom is -0.389 e. The van der Waals surface area contributed by atoms with Gasteiger partial charge in [-0.2, -0.15) is 0 Å². The first-order valence-corrected chi connectivity index (χ1v) is 4.79. The molecule has 0 amide bonds. The summed E-state index contributed by atoms with van der Waals surface area (Å²) in [5.74, 6) is 0. The molecular formula is C10H27NO. The summed E-state index contributed by atoms with van der Waals surface area (Å²) in [6.07, 6.45) is 0. The molecule has 0 aliphatic rings. The van der Waals surface area contributed by atoms with Gasteiger partial charge in [-0.15, -0.1) is 0 Å². The SMILES string of the molecule is CC.CC.CN(C)CC(C)(C)O. The molecule has 0 aromatic heterocycles. The van der Waals surface area contributed by atoms with Crippen molar-refractivity contribution in [3.05, 3.63) is 0 Å². The van der Waals surface area contributed by atoms with E-state index in [4.69, 9.17) is 5.11 Å². The summed E-state index contributed by atoms with van der Waals surface area (Å²) in [6, 6.07) is 0. The van der Waals surface area contributed by atoms with Gasteiger partial charge < -0.3 is 10.0 Å². The lowest BCUT2D eigenvalue weighted by molar-refractivity contribution is 0.0519. The zero-order chi connectivity index (χ0) is 10.8. The second-order valence-corrected chi connectivity index (χ2v) is 3.05. The Kier molecular flexibility index (Phi) is 16.3. The maximum absolute atomic E-state index is 9.15. The zero-order valence-electron chi connectivity index (χ0n) is 10.1. The number of hydrogen-bond donors (Lipinski definition) is 1. The Balaban J connectivity index is -0.000000175. The second-order valence-electron chi connectivity index (χ2n) is 3.05. The van der Waals surface area contributed by atoms with Gasteiger partial charge >= 0.3 is 0 Å². The molecule has 0 heterocycles. The molecule has 0 spiro atoms. The van der Waals surface area contributed by atoms with Crippen LogP contribution in [0.1, 0.15) is 41.5 Å². The maximum Gasteiger partial charge on any atom is 0.0717 e. The molecule has 0 aliphatic carbocycles. The Morgan fingerprint density at radius 2 is 1.25 bits per heavy atom. The maximum atomic E-state index is 9.15. The Morgan fingerprint density at radius 3 is 1.25 bits per heavy atom. The highest BCUT2D eigenvalue weighted by molar-refractivity contribution is 4.66. The van der Waals surface area contributed by atoms with Gasteiger partial charge in [0.2, 0.25) is 0 Å². The standard InChI is InChI=1S/C6H15NO.2C2H6/c1-6(2,8)5-7(3)4;2*1-2/h8H,5H2,1-4H3;2*1-2H3. The van der Waals surface area contributed by atoms with E-state index in [0.717, 1.165) is 0 Å². The molecule has 0 saturated heterocycles. The van der Waals surface area contributed by atoms with Crippen molar-refractivity contribution < 1.29 is 5.11 Å². The Bertz CT molecular complexity index is 64.7. The first kappa shape index (κ1) is 17.9. The van der Waals surface area contributed by atoms with Gasteiger partial charge in [-0.05, 0) is 27.9 Å². The molecule has 0 saturated carbocycles. The van der Waals surface area contributed by atoms with Crippen LogP contribution in [0.25, 0.3) is 0 Å². The predicted molar refractivity (Wildman–Crippen MR) is 57.5 cm³/mol. The fourth-order valence-electron chi connectivity index (χ4n) is 0.774. The van der Waals surface area contributed by atoms with Crippen LogP contribution < -0.4 is 0 Å². The number of hydrogen-bond acceptors (Lipinski definition) is 2. The van der Waals surface area contributed by atoms with E-state index in [1.165, 1.54) is 0 Å². The van der Waals surface area contributed by atoms with Crippen molar-refractivity contribution in [2.75, 3.05) is 20.6 Å². The smallest absolute Gasteiger partial charge is 0.0717 e. The summed E-state index contributed by atoms with van der Waals surface area (Å²) in [5.41, 5.74) is -0.552. The van der Waals surface area contributed by atoms with Gasteiger partial charge in [0.05, 0.1) is 5.60 Å². The fourth-order valence-corrected chi connectivity index (χ4v) is 0.774. The number of likely N-dealkylation sites (N-methyl/N-ethyl adjacent to an activating group) is 1. The molecule has 0 bridgehead atoms.